The van der Waals surface area contributed by atoms with E-state index in [1.54, 1.807) is 24.3 Å². The first-order chi connectivity index (χ1) is 8.56. The Bertz CT molecular complexity index is 542. The highest BCUT2D eigenvalue weighted by Crippen LogP contribution is 2.23. The summed E-state index contributed by atoms with van der Waals surface area (Å²) in [5.41, 5.74) is 0.756. The van der Waals surface area contributed by atoms with Gasteiger partial charge >= 0.3 is 11.9 Å². The highest BCUT2D eigenvalue weighted by atomic mass is 16.5. The second kappa shape index (κ2) is 4.91. The highest BCUT2D eigenvalue weighted by molar-refractivity contribution is 5.82. The summed E-state index contributed by atoms with van der Waals surface area (Å²) >= 11 is 0. The molecule has 0 fully saturated rings. The number of nitrogens with zero attached hydrogens (tertiary/aromatic N) is 1. The molecule has 5 heteroatoms. The van der Waals surface area contributed by atoms with Crippen LogP contribution in [0.3, 0.4) is 0 Å². The number of hydrogen-bond donors (Lipinski definition) is 1. The average Bonchev–Trinajstić information content (AvgIpc) is 2.78. The van der Waals surface area contributed by atoms with Crippen molar-refractivity contribution in [3.05, 3.63) is 36.4 Å². The quantitative estimate of drug-likeness (QED) is 0.899. The van der Waals surface area contributed by atoms with E-state index in [0.29, 0.717) is 5.76 Å². The summed E-state index contributed by atoms with van der Waals surface area (Å²) in [5.74, 6) is -0.316. The van der Waals surface area contributed by atoms with Gasteiger partial charge in [-0.2, -0.15) is 0 Å². The summed E-state index contributed by atoms with van der Waals surface area (Å²) in [6.45, 7) is 3.90. The van der Waals surface area contributed by atoms with Gasteiger partial charge in [0.2, 0.25) is 0 Å². The average molecular weight is 247 g/mol. The number of carboxylic acids is 1. The normalized spacial score (nSPS) is 10.6. The lowest BCUT2D eigenvalue weighted by Crippen LogP contribution is -2.05. The van der Waals surface area contributed by atoms with Gasteiger partial charge in [-0.05, 0) is 38.1 Å². The summed E-state index contributed by atoms with van der Waals surface area (Å²) in [6, 6.07) is 7.20. The minimum Gasteiger partial charge on any atom is -0.491 e. The van der Waals surface area contributed by atoms with E-state index in [9.17, 15) is 4.79 Å². The Hall–Kier alpha value is -2.30. The summed E-state index contributed by atoms with van der Waals surface area (Å²) in [4.78, 5) is 14.3. The van der Waals surface area contributed by atoms with E-state index >= 15 is 0 Å². The lowest BCUT2D eigenvalue weighted by molar-refractivity contribution is 0.0654. The molecule has 0 aliphatic heterocycles. The van der Waals surface area contributed by atoms with Crippen molar-refractivity contribution in [1.82, 2.24) is 4.98 Å². The predicted molar refractivity (Wildman–Crippen MR) is 64.7 cm³/mol. The van der Waals surface area contributed by atoms with Crippen LogP contribution in [0.25, 0.3) is 11.3 Å². The molecule has 0 unspecified atom stereocenters. The third-order valence-corrected chi connectivity index (χ3v) is 2.20. The molecule has 0 aliphatic carbocycles. The second-order valence-electron chi connectivity index (χ2n) is 4.03. The molecule has 1 aromatic carbocycles. The van der Waals surface area contributed by atoms with Gasteiger partial charge in [0.05, 0.1) is 12.3 Å². The first-order valence-electron chi connectivity index (χ1n) is 5.52. The SMILES string of the molecule is CC(C)Oc1ccc(-c2cnc(C(=O)O)o2)cc1. The number of ether oxygens (including phenoxy) is 1. The first kappa shape index (κ1) is 12.2. The molecular weight excluding hydrogens is 234 g/mol. The molecule has 2 rings (SSSR count). The van der Waals surface area contributed by atoms with E-state index < -0.39 is 5.97 Å². The zero-order chi connectivity index (χ0) is 13.1. The van der Waals surface area contributed by atoms with Crippen LogP contribution in [-0.2, 0) is 0 Å². The van der Waals surface area contributed by atoms with Gasteiger partial charge in [-0.15, -0.1) is 0 Å². The summed E-state index contributed by atoms with van der Waals surface area (Å²) < 4.78 is 10.6. The van der Waals surface area contributed by atoms with Crippen LogP contribution in [-0.4, -0.2) is 22.2 Å². The Labute approximate surface area is 104 Å². The number of aromatic carboxylic acids is 1. The predicted octanol–water partition coefficient (Wildman–Crippen LogP) is 2.83. The monoisotopic (exact) mass is 247 g/mol. The van der Waals surface area contributed by atoms with E-state index in [-0.39, 0.29) is 12.0 Å². The van der Waals surface area contributed by atoms with Gasteiger partial charge in [-0.3, -0.25) is 0 Å². The second-order valence-corrected chi connectivity index (χ2v) is 4.03. The van der Waals surface area contributed by atoms with Crippen LogP contribution in [0.15, 0.2) is 34.9 Å². The van der Waals surface area contributed by atoms with Crippen molar-refractivity contribution in [1.29, 1.82) is 0 Å². The van der Waals surface area contributed by atoms with E-state index in [4.69, 9.17) is 14.3 Å². The number of rotatable bonds is 4. The van der Waals surface area contributed by atoms with Crippen LogP contribution >= 0.6 is 0 Å². The van der Waals surface area contributed by atoms with Gasteiger partial charge in [-0.25, -0.2) is 9.78 Å². The molecule has 1 heterocycles. The van der Waals surface area contributed by atoms with Gasteiger partial charge in [0.25, 0.3) is 0 Å². The number of benzene rings is 1. The maximum Gasteiger partial charge on any atom is 0.392 e. The van der Waals surface area contributed by atoms with E-state index in [1.165, 1.54) is 6.20 Å². The molecule has 18 heavy (non-hydrogen) atoms. The molecule has 1 aromatic heterocycles. The smallest absolute Gasteiger partial charge is 0.392 e. The van der Waals surface area contributed by atoms with Crippen molar-refractivity contribution in [3.63, 3.8) is 0 Å². The van der Waals surface area contributed by atoms with Crippen molar-refractivity contribution >= 4 is 5.97 Å². The number of hydrogen-bond acceptors (Lipinski definition) is 4. The van der Waals surface area contributed by atoms with Crippen LogP contribution in [0.5, 0.6) is 5.75 Å². The Morgan fingerprint density at radius 3 is 2.50 bits per heavy atom. The van der Waals surface area contributed by atoms with Gasteiger partial charge in [0.1, 0.15) is 5.75 Å². The minimum atomic E-state index is -1.18. The molecule has 0 spiro atoms. The van der Waals surface area contributed by atoms with Gasteiger partial charge < -0.3 is 14.3 Å². The Kier molecular flexibility index (Phi) is 3.32. The maximum atomic E-state index is 10.6. The zero-order valence-corrected chi connectivity index (χ0v) is 10.1. The number of carbonyl (C=O) groups is 1. The molecule has 2 aromatic rings. The van der Waals surface area contributed by atoms with Crippen LogP contribution in [0.1, 0.15) is 24.5 Å². The third kappa shape index (κ3) is 2.68. The van der Waals surface area contributed by atoms with E-state index in [0.717, 1.165) is 11.3 Å². The molecule has 0 atom stereocenters. The fraction of sp³-hybridized carbons (Fsp3) is 0.231. The number of carboxylic acid groups (broad SMARTS) is 1. The molecule has 1 N–H and O–H groups in total. The Morgan fingerprint density at radius 2 is 2.00 bits per heavy atom. The molecule has 0 saturated carbocycles. The largest absolute Gasteiger partial charge is 0.491 e. The molecule has 0 bridgehead atoms. The number of oxazole rings is 1. The highest BCUT2D eigenvalue weighted by Gasteiger charge is 2.12. The third-order valence-electron chi connectivity index (χ3n) is 2.20. The van der Waals surface area contributed by atoms with E-state index in [1.807, 2.05) is 13.8 Å². The molecule has 0 aliphatic rings. The summed E-state index contributed by atoms with van der Waals surface area (Å²) in [5, 5.41) is 8.71. The zero-order valence-electron chi connectivity index (χ0n) is 10.1. The molecule has 94 valence electrons. The lowest BCUT2D eigenvalue weighted by atomic mass is 10.2. The molecular formula is C13H13NO4. The molecule has 5 nitrogen and oxygen atoms in total. The topological polar surface area (TPSA) is 72.6 Å². The molecule has 0 saturated heterocycles. The minimum absolute atomic E-state index is 0.111. The van der Waals surface area contributed by atoms with Crippen LogP contribution in [0.4, 0.5) is 0 Å². The van der Waals surface area contributed by atoms with Crippen LogP contribution in [0, 0.1) is 0 Å². The van der Waals surface area contributed by atoms with Crippen molar-refractivity contribution in [2.24, 2.45) is 0 Å². The molecule has 0 radical (unpaired) electrons. The standard InChI is InChI=1S/C13H13NO4/c1-8(2)17-10-5-3-9(4-6-10)11-7-14-12(18-11)13(15)16/h3-8H,1-2H3,(H,15,16). The van der Waals surface area contributed by atoms with Crippen LogP contribution < -0.4 is 4.74 Å². The van der Waals surface area contributed by atoms with Crippen molar-refractivity contribution in [3.8, 4) is 17.1 Å². The van der Waals surface area contributed by atoms with Gasteiger partial charge in [-0.1, -0.05) is 0 Å². The van der Waals surface area contributed by atoms with E-state index in [2.05, 4.69) is 4.98 Å². The summed E-state index contributed by atoms with van der Waals surface area (Å²) in [7, 11) is 0. The van der Waals surface area contributed by atoms with Crippen molar-refractivity contribution in [2.75, 3.05) is 0 Å². The maximum absolute atomic E-state index is 10.6. The van der Waals surface area contributed by atoms with Gasteiger partial charge in [0.15, 0.2) is 5.76 Å². The fourth-order valence-corrected chi connectivity index (χ4v) is 1.48. The number of aromatic nitrogens is 1. The first-order valence-corrected chi connectivity index (χ1v) is 5.52. The van der Waals surface area contributed by atoms with Crippen molar-refractivity contribution in [2.45, 2.75) is 20.0 Å². The van der Waals surface area contributed by atoms with Crippen LogP contribution in [0.2, 0.25) is 0 Å². The Balaban J connectivity index is 2.20. The molecule has 0 amide bonds. The van der Waals surface area contributed by atoms with Crippen molar-refractivity contribution < 1.29 is 19.1 Å². The lowest BCUT2D eigenvalue weighted by Gasteiger charge is -2.09. The fourth-order valence-electron chi connectivity index (χ4n) is 1.48. The van der Waals surface area contributed by atoms with Gasteiger partial charge in [0, 0.05) is 5.56 Å². The Morgan fingerprint density at radius 1 is 1.33 bits per heavy atom. The summed E-state index contributed by atoms with van der Waals surface area (Å²) in [6.07, 6.45) is 1.50.